The van der Waals surface area contributed by atoms with Crippen molar-refractivity contribution in [2.24, 2.45) is 0 Å². The van der Waals surface area contributed by atoms with Gasteiger partial charge in [0, 0.05) is 11.5 Å². The molecule has 9 heteroatoms. The minimum absolute atomic E-state index is 0.0135. The maximum atomic E-state index is 12.6. The van der Waals surface area contributed by atoms with E-state index in [4.69, 9.17) is 33.0 Å². The van der Waals surface area contributed by atoms with Gasteiger partial charge in [-0.05, 0) is 40.8 Å². The topological polar surface area (TPSA) is 105 Å². The summed E-state index contributed by atoms with van der Waals surface area (Å²) in [6.07, 6.45) is -0.533. The first-order valence-electron chi connectivity index (χ1n) is 10.9. The predicted octanol–water partition coefficient (Wildman–Crippen LogP) is 5.95. The predicted molar refractivity (Wildman–Crippen MR) is 134 cm³/mol. The third kappa shape index (κ3) is 5.11. The molecule has 3 N–H and O–H groups in total. The van der Waals surface area contributed by atoms with E-state index < -0.39 is 24.0 Å². The molecule has 0 saturated heterocycles. The van der Waals surface area contributed by atoms with Crippen molar-refractivity contribution in [2.45, 2.75) is 25.3 Å². The Labute approximate surface area is 212 Å². The molecule has 0 fully saturated rings. The van der Waals surface area contributed by atoms with Crippen LogP contribution >= 0.6 is 23.2 Å². The molecule has 3 aromatic rings. The summed E-state index contributed by atoms with van der Waals surface area (Å²) < 4.78 is 5.51. The molecule has 0 saturated carbocycles. The van der Waals surface area contributed by atoms with Crippen molar-refractivity contribution in [3.05, 3.63) is 87.4 Å². The summed E-state index contributed by atoms with van der Waals surface area (Å²) in [4.78, 5) is 36.2. The molecule has 1 aliphatic rings. The fourth-order valence-corrected chi connectivity index (χ4v) is 4.72. The lowest BCUT2D eigenvalue weighted by Crippen LogP contribution is -2.40. The lowest BCUT2D eigenvalue weighted by molar-refractivity contribution is -0.139. The number of hydrogen-bond acceptors (Lipinski definition) is 4. The van der Waals surface area contributed by atoms with Gasteiger partial charge in [-0.2, -0.15) is 0 Å². The Kier molecular flexibility index (Phi) is 7.28. The van der Waals surface area contributed by atoms with E-state index in [0.29, 0.717) is 0 Å². The summed E-state index contributed by atoms with van der Waals surface area (Å²) in [5.41, 5.74) is 4.56. The molecule has 3 aromatic carbocycles. The molecule has 0 aliphatic heterocycles. The standard InChI is InChI=1S/C26H22Cl2N2O5/c1-2-22(25(32)33)29-24(31)14-11-20(27)23(21(28)12-14)30-26(34)35-13-19-17-9-5-3-7-15(17)16-8-4-6-10-18(16)19/h3-12,19,22H,2,13H2,1H3,(H,29,31)(H,30,34)(H,32,33). The largest absolute Gasteiger partial charge is 0.480 e. The van der Waals surface area contributed by atoms with E-state index >= 15 is 0 Å². The monoisotopic (exact) mass is 512 g/mol. The molecule has 0 spiro atoms. The second-order valence-corrected chi connectivity index (χ2v) is 8.85. The zero-order valence-electron chi connectivity index (χ0n) is 18.7. The minimum Gasteiger partial charge on any atom is -0.480 e. The van der Waals surface area contributed by atoms with Gasteiger partial charge >= 0.3 is 12.1 Å². The summed E-state index contributed by atoms with van der Waals surface area (Å²) in [5, 5.41) is 14.1. The maximum Gasteiger partial charge on any atom is 0.411 e. The third-order valence-corrected chi connectivity index (χ3v) is 6.48. The van der Waals surface area contributed by atoms with Crippen LogP contribution in [0.3, 0.4) is 0 Å². The Morgan fingerprint density at radius 3 is 2.03 bits per heavy atom. The lowest BCUT2D eigenvalue weighted by Gasteiger charge is -2.16. The molecule has 2 amide bonds. The Morgan fingerprint density at radius 1 is 0.971 bits per heavy atom. The van der Waals surface area contributed by atoms with Gasteiger partial charge in [-0.1, -0.05) is 78.7 Å². The van der Waals surface area contributed by atoms with Gasteiger partial charge in [0.15, 0.2) is 0 Å². The van der Waals surface area contributed by atoms with Crippen LogP contribution in [0.2, 0.25) is 10.0 Å². The average molecular weight is 513 g/mol. The minimum atomic E-state index is -1.15. The van der Waals surface area contributed by atoms with Gasteiger partial charge in [-0.25, -0.2) is 9.59 Å². The molecule has 0 aromatic heterocycles. The molecule has 0 radical (unpaired) electrons. The van der Waals surface area contributed by atoms with Crippen LogP contribution < -0.4 is 10.6 Å². The number of benzene rings is 3. The number of ether oxygens (including phenoxy) is 1. The van der Waals surface area contributed by atoms with E-state index in [-0.39, 0.29) is 40.2 Å². The molecular weight excluding hydrogens is 491 g/mol. The Morgan fingerprint density at radius 2 is 1.51 bits per heavy atom. The van der Waals surface area contributed by atoms with E-state index in [2.05, 4.69) is 10.6 Å². The van der Waals surface area contributed by atoms with Crippen LogP contribution in [0.4, 0.5) is 10.5 Å². The molecule has 4 rings (SSSR count). The summed E-state index contributed by atoms with van der Waals surface area (Å²) in [5.74, 6) is -1.90. The van der Waals surface area contributed by atoms with Gasteiger partial charge in [0.05, 0.1) is 15.7 Å². The van der Waals surface area contributed by atoms with Crippen molar-refractivity contribution in [3.8, 4) is 11.1 Å². The maximum absolute atomic E-state index is 12.6. The molecule has 1 aliphatic carbocycles. The number of rotatable bonds is 7. The van der Waals surface area contributed by atoms with Crippen LogP contribution in [0.5, 0.6) is 0 Å². The highest BCUT2D eigenvalue weighted by Gasteiger charge is 2.29. The van der Waals surface area contributed by atoms with Crippen LogP contribution in [-0.4, -0.2) is 35.7 Å². The second-order valence-electron chi connectivity index (χ2n) is 8.04. The first-order valence-corrected chi connectivity index (χ1v) is 11.7. The fourth-order valence-electron chi connectivity index (χ4n) is 4.14. The molecule has 180 valence electrons. The zero-order chi connectivity index (χ0) is 25.1. The SMILES string of the molecule is CCC(NC(=O)c1cc(Cl)c(NC(=O)OCC2c3ccccc3-c3ccccc32)c(Cl)c1)C(=O)O. The Balaban J connectivity index is 1.44. The number of halogens is 2. The lowest BCUT2D eigenvalue weighted by atomic mass is 9.98. The van der Waals surface area contributed by atoms with Gasteiger partial charge in [0.1, 0.15) is 12.6 Å². The quantitative estimate of drug-likeness (QED) is 0.362. The van der Waals surface area contributed by atoms with Crippen molar-refractivity contribution < 1.29 is 24.2 Å². The highest BCUT2D eigenvalue weighted by Crippen LogP contribution is 2.44. The highest BCUT2D eigenvalue weighted by molar-refractivity contribution is 6.40. The zero-order valence-corrected chi connectivity index (χ0v) is 20.2. The molecule has 1 atom stereocenters. The number of nitrogens with one attached hydrogen (secondary N) is 2. The summed E-state index contributed by atoms with van der Waals surface area (Å²) in [7, 11) is 0. The summed E-state index contributed by atoms with van der Waals surface area (Å²) in [6.45, 7) is 1.75. The number of carboxylic acids is 1. The van der Waals surface area contributed by atoms with Gasteiger partial charge in [-0.3, -0.25) is 10.1 Å². The number of carbonyl (C=O) groups excluding carboxylic acids is 2. The van der Waals surface area contributed by atoms with Crippen molar-refractivity contribution in [2.75, 3.05) is 11.9 Å². The molecule has 7 nitrogen and oxygen atoms in total. The normalized spacial score (nSPS) is 12.9. The first kappa shape index (κ1) is 24.6. The van der Waals surface area contributed by atoms with Gasteiger partial charge < -0.3 is 15.2 Å². The van der Waals surface area contributed by atoms with E-state index in [1.165, 1.54) is 12.1 Å². The molecule has 1 unspecified atom stereocenters. The van der Waals surface area contributed by atoms with Crippen molar-refractivity contribution in [1.82, 2.24) is 5.32 Å². The molecular formula is C26H22Cl2N2O5. The highest BCUT2D eigenvalue weighted by atomic mass is 35.5. The summed E-state index contributed by atoms with van der Waals surface area (Å²) in [6, 6.07) is 17.6. The fraction of sp³-hybridized carbons (Fsp3) is 0.192. The van der Waals surface area contributed by atoms with E-state index in [9.17, 15) is 14.4 Å². The molecule has 0 bridgehead atoms. The van der Waals surface area contributed by atoms with Crippen molar-refractivity contribution in [1.29, 1.82) is 0 Å². The number of aliphatic carboxylic acids is 1. The Hall–Kier alpha value is -3.55. The smallest absolute Gasteiger partial charge is 0.411 e. The van der Waals surface area contributed by atoms with Crippen LogP contribution in [0.25, 0.3) is 11.1 Å². The third-order valence-electron chi connectivity index (χ3n) is 5.89. The van der Waals surface area contributed by atoms with Gasteiger partial charge in [-0.15, -0.1) is 0 Å². The Bertz CT molecular complexity index is 1240. The average Bonchev–Trinajstić information content (AvgIpc) is 3.16. The van der Waals surface area contributed by atoms with E-state index in [0.717, 1.165) is 22.3 Å². The van der Waals surface area contributed by atoms with Crippen molar-refractivity contribution >= 4 is 46.9 Å². The van der Waals surface area contributed by atoms with E-state index in [1.807, 2.05) is 48.5 Å². The van der Waals surface area contributed by atoms with Crippen LogP contribution in [0.1, 0.15) is 40.7 Å². The number of carbonyl (C=O) groups is 3. The first-order chi connectivity index (χ1) is 16.8. The number of carboxylic acid groups (broad SMARTS) is 1. The van der Waals surface area contributed by atoms with E-state index in [1.54, 1.807) is 6.92 Å². The second kappa shape index (κ2) is 10.4. The molecule has 0 heterocycles. The number of fused-ring (bicyclic) bond motifs is 3. The van der Waals surface area contributed by atoms with Crippen LogP contribution in [-0.2, 0) is 9.53 Å². The van der Waals surface area contributed by atoms with Crippen molar-refractivity contribution in [3.63, 3.8) is 0 Å². The number of hydrogen-bond donors (Lipinski definition) is 3. The summed E-state index contributed by atoms with van der Waals surface area (Å²) >= 11 is 12.5. The number of amides is 2. The van der Waals surface area contributed by atoms with Gasteiger partial charge in [0.25, 0.3) is 5.91 Å². The van der Waals surface area contributed by atoms with Gasteiger partial charge in [0.2, 0.25) is 0 Å². The molecule has 35 heavy (non-hydrogen) atoms. The number of anilines is 1. The van der Waals surface area contributed by atoms with Crippen LogP contribution in [0, 0.1) is 0 Å². The van der Waals surface area contributed by atoms with Crippen LogP contribution in [0.15, 0.2) is 60.7 Å².